The van der Waals surface area contributed by atoms with E-state index in [9.17, 15) is 0 Å². The zero-order chi connectivity index (χ0) is 20.6. The lowest BCUT2D eigenvalue weighted by Crippen LogP contribution is -2.23. The van der Waals surface area contributed by atoms with Gasteiger partial charge in [0.15, 0.2) is 0 Å². The molecule has 158 valence electrons. The summed E-state index contributed by atoms with van der Waals surface area (Å²) in [5.41, 5.74) is 7.71. The summed E-state index contributed by atoms with van der Waals surface area (Å²) in [5.74, 6) is 1.21. The molecular weight excluding hydrogens is 362 g/mol. The zero-order valence-electron chi connectivity index (χ0n) is 18.6. The second-order valence-electron chi connectivity index (χ2n) is 9.16. The highest BCUT2D eigenvalue weighted by Crippen LogP contribution is 2.36. The monoisotopic (exact) mass is 399 g/mol. The Morgan fingerprint density at radius 3 is 2.73 bits per heavy atom. The van der Waals surface area contributed by atoms with Crippen molar-refractivity contribution in [2.75, 3.05) is 6.54 Å². The van der Waals surface area contributed by atoms with Crippen LogP contribution in [0.2, 0.25) is 0 Å². The fourth-order valence-electron chi connectivity index (χ4n) is 5.01. The highest BCUT2D eigenvalue weighted by molar-refractivity contribution is 5.38. The van der Waals surface area contributed by atoms with Gasteiger partial charge in [0.25, 0.3) is 0 Å². The number of hydrogen-bond acceptors (Lipinski definition) is 1. The predicted octanol–water partition coefficient (Wildman–Crippen LogP) is 7.65. The maximum absolute atomic E-state index is 3.86. The molecule has 0 saturated carbocycles. The second kappa shape index (κ2) is 10.7. The Labute approximate surface area is 183 Å². The van der Waals surface area contributed by atoms with Gasteiger partial charge in [-0.3, -0.25) is 0 Å². The van der Waals surface area contributed by atoms with Gasteiger partial charge in [-0.25, -0.2) is 0 Å². The van der Waals surface area contributed by atoms with E-state index in [2.05, 4.69) is 79.1 Å². The van der Waals surface area contributed by atoms with E-state index in [4.69, 9.17) is 0 Å². The van der Waals surface area contributed by atoms with Crippen molar-refractivity contribution in [2.45, 2.75) is 64.7 Å². The first-order valence-corrected chi connectivity index (χ1v) is 12.0. The smallest absolute Gasteiger partial charge is 0.0363 e. The molecule has 0 aromatic carbocycles. The third kappa shape index (κ3) is 5.65. The van der Waals surface area contributed by atoms with Crippen molar-refractivity contribution in [1.82, 2.24) is 5.32 Å². The number of allylic oxidation sites excluding steroid dienone is 14. The minimum Gasteiger partial charge on any atom is -0.381 e. The molecule has 1 nitrogen and oxygen atoms in total. The van der Waals surface area contributed by atoms with E-state index in [-0.39, 0.29) is 0 Å². The zero-order valence-corrected chi connectivity index (χ0v) is 18.6. The van der Waals surface area contributed by atoms with Crippen LogP contribution in [0.5, 0.6) is 0 Å². The minimum absolute atomic E-state index is 0.581. The highest BCUT2D eigenvalue weighted by Gasteiger charge is 2.22. The molecule has 0 aliphatic heterocycles. The summed E-state index contributed by atoms with van der Waals surface area (Å²) in [6.07, 6.45) is 36.3. The SMILES string of the molecule is CC(CCC1=CCCC=C1)C1=C(NCC2=CC=CCC2)C=C(C2C=CC=CC2)CC1. The lowest BCUT2D eigenvalue weighted by molar-refractivity contribution is 0.559. The van der Waals surface area contributed by atoms with Crippen LogP contribution >= 0.6 is 0 Å². The van der Waals surface area contributed by atoms with E-state index >= 15 is 0 Å². The van der Waals surface area contributed by atoms with Crippen molar-refractivity contribution in [3.05, 3.63) is 94.8 Å². The summed E-state index contributed by atoms with van der Waals surface area (Å²) in [6, 6.07) is 0. The summed E-state index contributed by atoms with van der Waals surface area (Å²) in [4.78, 5) is 0. The first-order valence-electron chi connectivity index (χ1n) is 12.0. The van der Waals surface area contributed by atoms with Crippen molar-refractivity contribution in [2.24, 2.45) is 11.8 Å². The van der Waals surface area contributed by atoms with E-state index in [1.165, 1.54) is 68.2 Å². The summed E-state index contributed by atoms with van der Waals surface area (Å²) in [5, 5.41) is 3.86. The number of rotatable bonds is 8. The van der Waals surface area contributed by atoms with Gasteiger partial charge < -0.3 is 5.32 Å². The number of hydrogen-bond donors (Lipinski definition) is 1. The van der Waals surface area contributed by atoms with Gasteiger partial charge in [-0.2, -0.15) is 0 Å². The molecule has 0 aromatic rings. The standard InChI is InChI=1S/C29H37N/c1-23(17-18-24-11-5-2-6-12-24)28-20-19-27(26-15-9-4-10-16-26)21-29(28)30-22-25-13-7-3-8-14-25/h3-5,7,9-13,15,21,23,26,30H,2,6,8,14,16-20,22H2,1H3. The molecule has 4 rings (SSSR count). The van der Waals surface area contributed by atoms with Gasteiger partial charge in [0.05, 0.1) is 0 Å². The maximum atomic E-state index is 3.86. The van der Waals surface area contributed by atoms with E-state index in [0.29, 0.717) is 11.8 Å². The topological polar surface area (TPSA) is 12.0 Å². The fourth-order valence-corrected chi connectivity index (χ4v) is 5.01. The Morgan fingerprint density at radius 2 is 1.97 bits per heavy atom. The first kappa shape index (κ1) is 21.0. The number of nitrogens with one attached hydrogen (secondary N) is 1. The second-order valence-corrected chi connectivity index (χ2v) is 9.16. The Kier molecular flexibility index (Phi) is 7.45. The lowest BCUT2D eigenvalue weighted by atomic mass is 9.80. The van der Waals surface area contributed by atoms with Crippen molar-refractivity contribution >= 4 is 0 Å². The van der Waals surface area contributed by atoms with Gasteiger partial charge in [0.2, 0.25) is 0 Å². The predicted molar refractivity (Wildman–Crippen MR) is 130 cm³/mol. The van der Waals surface area contributed by atoms with Crippen LogP contribution in [-0.2, 0) is 0 Å². The summed E-state index contributed by atoms with van der Waals surface area (Å²) < 4.78 is 0. The molecule has 1 N–H and O–H groups in total. The Morgan fingerprint density at radius 1 is 1.00 bits per heavy atom. The van der Waals surface area contributed by atoms with Crippen LogP contribution in [0.4, 0.5) is 0 Å². The average Bonchev–Trinajstić information content (AvgIpc) is 2.83. The third-order valence-electron chi connectivity index (χ3n) is 6.95. The first-order chi connectivity index (χ1) is 14.8. The molecule has 0 saturated heterocycles. The molecule has 0 fully saturated rings. The van der Waals surface area contributed by atoms with Crippen LogP contribution in [-0.4, -0.2) is 6.54 Å². The summed E-state index contributed by atoms with van der Waals surface area (Å²) >= 11 is 0. The Balaban J connectivity index is 1.48. The van der Waals surface area contributed by atoms with Crippen LogP contribution in [0.1, 0.15) is 64.7 Å². The molecule has 0 aromatic heterocycles. The molecule has 0 spiro atoms. The van der Waals surface area contributed by atoms with E-state index in [1.807, 2.05) is 0 Å². The van der Waals surface area contributed by atoms with Crippen LogP contribution in [0.25, 0.3) is 0 Å². The molecular formula is C29H37N. The van der Waals surface area contributed by atoms with Crippen LogP contribution < -0.4 is 5.32 Å². The molecule has 0 amide bonds. The largest absolute Gasteiger partial charge is 0.381 e. The highest BCUT2D eigenvalue weighted by atomic mass is 14.9. The molecule has 30 heavy (non-hydrogen) atoms. The van der Waals surface area contributed by atoms with E-state index in [1.54, 1.807) is 11.1 Å². The Bertz CT molecular complexity index is 853. The summed E-state index contributed by atoms with van der Waals surface area (Å²) in [6.45, 7) is 3.42. The van der Waals surface area contributed by atoms with Gasteiger partial charge in [-0.05, 0) is 75.4 Å². The van der Waals surface area contributed by atoms with Gasteiger partial charge >= 0.3 is 0 Å². The summed E-state index contributed by atoms with van der Waals surface area (Å²) in [7, 11) is 0. The van der Waals surface area contributed by atoms with Gasteiger partial charge in [0, 0.05) is 18.2 Å². The lowest BCUT2D eigenvalue weighted by Gasteiger charge is -2.29. The van der Waals surface area contributed by atoms with Gasteiger partial charge in [-0.15, -0.1) is 0 Å². The van der Waals surface area contributed by atoms with Crippen LogP contribution in [0, 0.1) is 11.8 Å². The van der Waals surface area contributed by atoms with Crippen LogP contribution in [0.15, 0.2) is 94.8 Å². The minimum atomic E-state index is 0.581. The fraction of sp³-hybridized carbons (Fsp3) is 0.448. The van der Waals surface area contributed by atoms with E-state index in [0.717, 1.165) is 13.0 Å². The van der Waals surface area contributed by atoms with Crippen molar-refractivity contribution < 1.29 is 0 Å². The normalized spacial score (nSPS) is 24.4. The molecule has 1 heteroatoms. The van der Waals surface area contributed by atoms with Gasteiger partial charge in [-0.1, -0.05) is 84.4 Å². The molecule has 2 unspecified atom stereocenters. The van der Waals surface area contributed by atoms with Crippen molar-refractivity contribution in [3.8, 4) is 0 Å². The van der Waals surface area contributed by atoms with Crippen molar-refractivity contribution in [3.63, 3.8) is 0 Å². The third-order valence-corrected chi connectivity index (χ3v) is 6.95. The maximum Gasteiger partial charge on any atom is 0.0363 e. The molecule has 0 radical (unpaired) electrons. The average molecular weight is 400 g/mol. The van der Waals surface area contributed by atoms with Crippen molar-refractivity contribution in [1.29, 1.82) is 0 Å². The molecule has 4 aliphatic carbocycles. The van der Waals surface area contributed by atoms with Gasteiger partial charge in [0.1, 0.15) is 0 Å². The quantitative estimate of drug-likeness (QED) is 0.442. The molecule has 2 atom stereocenters. The Hall–Kier alpha value is -2.28. The molecule has 4 aliphatic rings. The van der Waals surface area contributed by atoms with E-state index < -0.39 is 0 Å². The molecule has 0 heterocycles. The molecule has 0 bridgehead atoms. The van der Waals surface area contributed by atoms with Crippen LogP contribution in [0.3, 0.4) is 0 Å².